The smallest absolute Gasteiger partial charge is 0.239 e. The van der Waals surface area contributed by atoms with Gasteiger partial charge in [0.2, 0.25) is 11.8 Å². The maximum absolute atomic E-state index is 16.0. The van der Waals surface area contributed by atoms with Crippen LogP contribution < -0.4 is 9.64 Å². The molecule has 2 fully saturated rings. The molecule has 0 spiro atoms. The molecule has 2 bridgehead atoms. The fraction of sp³-hybridized carbons (Fsp3) is 0.186. The maximum atomic E-state index is 16.0. The van der Waals surface area contributed by atoms with E-state index in [1.807, 2.05) is 106 Å². The number of hydrogen-bond acceptors (Lipinski definition) is 4. The maximum Gasteiger partial charge on any atom is 0.239 e. The number of aryl methyl sites for hydroxylation is 2. The minimum atomic E-state index is -1.43. The van der Waals surface area contributed by atoms with Crippen molar-refractivity contribution >= 4 is 34.4 Å². The third kappa shape index (κ3) is 3.88. The first-order valence-corrected chi connectivity index (χ1v) is 16.5. The normalized spacial score (nSPS) is 24.4. The number of anilines is 1. The monoisotopic (exact) mass is 629 g/mol. The van der Waals surface area contributed by atoms with Gasteiger partial charge in [-0.05, 0) is 78.4 Å². The molecule has 0 unspecified atom stereocenters. The second-order valence-corrected chi connectivity index (χ2v) is 13.1. The zero-order valence-electron chi connectivity index (χ0n) is 27.1. The van der Waals surface area contributed by atoms with E-state index in [2.05, 4.69) is 24.3 Å². The number of imide groups is 1. The van der Waals surface area contributed by atoms with Crippen molar-refractivity contribution in [1.82, 2.24) is 0 Å². The lowest BCUT2D eigenvalue weighted by Gasteiger charge is -2.39. The highest BCUT2D eigenvalue weighted by molar-refractivity contribution is 6.39. The first-order valence-electron chi connectivity index (χ1n) is 16.5. The van der Waals surface area contributed by atoms with Crippen LogP contribution in [0.25, 0.3) is 11.1 Å². The Labute approximate surface area is 280 Å². The van der Waals surface area contributed by atoms with Crippen LogP contribution in [0.5, 0.6) is 5.75 Å². The Morgan fingerprint density at radius 1 is 0.562 bits per heavy atom. The highest BCUT2D eigenvalue weighted by Crippen LogP contribution is 2.74. The van der Waals surface area contributed by atoms with E-state index in [-0.39, 0.29) is 17.6 Å². The summed E-state index contributed by atoms with van der Waals surface area (Å²) in [6.07, 6.45) is 0. The second-order valence-electron chi connectivity index (χ2n) is 13.1. The number of ether oxygens (including phenoxy) is 1. The molecule has 2 aliphatic carbocycles. The summed E-state index contributed by atoms with van der Waals surface area (Å²) in [5.74, 6) is -2.12. The molecule has 5 nitrogen and oxygen atoms in total. The molecule has 3 aliphatic rings. The van der Waals surface area contributed by atoms with Crippen molar-refractivity contribution in [2.24, 2.45) is 11.8 Å². The van der Waals surface area contributed by atoms with Gasteiger partial charge in [0.05, 0.1) is 35.0 Å². The van der Waals surface area contributed by atoms with Crippen LogP contribution >= 0.6 is 0 Å². The molecule has 5 aromatic carbocycles. The van der Waals surface area contributed by atoms with Gasteiger partial charge in [-0.15, -0.1) is 0 Å². The highest BCUT2D eigenvalue weighted by atomic mass is 16.5. The third-order valence-electron chi connectivity index (χ3n) is 10.5. The van der Waals surface area contributed by atoms with Crippen LogP contribution in [-0.2, 0) is 25.2 Å². The lowest BCUT2D eigenvalue weighted by Crippen LogP contribution is -2.45. The molecule has 5 heteroatoms. The lowest BCUT2D eigenvalue weighted by atomic mass is 9.59. The summed E-state index contributed by atoms with van der Waals surface area (Å²) in [6, 6.07) is 42.7. The van der Waals surface area contributed by atoms with Crippen LogP contribution in [0.2, 0.25) is 0 Å². The Hall–Kier alpha value is -5.55. The van der Waals surface area contributed by atoms with Crippen molar-refractivity contribution in [2.75, 3.05) is 11.5 Å². The van der Waals surface area contributed by atoms with Crippen LogP contribution in [0, 0.1) is 25.7 Å². The number of rotatable bonds is 7. The molecule has 1 aliphatic heterocycles. The van der Waals surface area contributed by atoms with Crippen molar-refractivity contribution in [3.63, 3.8) is 0 Å². The molecule has 8 rings (SSSR count). The highest BCUT2D eigenvalue weighted by Gasteiger charge is 2.82. The SMILES string of the molecule is CCOc1ccc(N2C(=O)[C@@H]3[C@@H](C2=O)[C@@]2(c4ccccc4)C(=O)[C@@]3(c3ccccc3)C(c3ccc(C)cc3)=C2c2ccc(C)cc2)cc1. The van der Waals surface area contributed by atoms with E-state index in [4.69, 9.17) is 4.74 Å². The van der Waals surface area contributed by atoms with Gasteiger partial charge in [0.1, 0.15) is 5.75 Å². The number of allylic oxidation sites excluding steroid dienone is 2. The standard InChI is InChI=1S/C43H35NO4/c1-4-48-34-25-23-33(24-26-34)44-39(45)37-38(40(44)46)43(32-13-9-6-10-14-32)36(30-21-17-28(3)18-22-30)35(29-19-15-27(2)16-20-29)42(37,41(43)47)31-11-7-5-8-12-31/h5-26,37-38H,4H2,1-3H3/t37-,38-,42-,43-/m0/s1. The summed E-state index contributed by atoms with van der Waals surface area (Å²) in [5.41, 5.74) is 4.54. The number of fused-ring (bicyclic) bond motifs is 5. The number of hydrogen-bond donors (Lipinski definition) is 0. The average molecular weight is 630 g/mol. The summed E-state index contributed by atoms with van der Waals surface area (Å²) in [6.45, 7) is 6.48. The molecule has 1 saturated carbocycles. The summed E-state index contributed by atoms with van der Waals surface area (Å²) in [7, 11) is 0. The molecule has 1 saturated heterocycles. The van der Waals surface area contributed by atoms with Gasteiger partial charge in [-0.2, -0.15) is 0 Å². The number of nitrogens with zero attached hydrogens (tertiary/aromatic N) is 1. The van der Waals surface area contributed by atoms with Crippen LogP contribution in [0.15, 0.2) is 133 Å². The van der Waals surface area contributed by atoms with Gasteiger partial charge in [-0.25, -0.2) is 4.90 Å². The van der Waals surface area contributed by atoms with Crippen molar-refractivity contribution in [3.8, 4) is 5.75 Å². The minimum absolute atomic E-state index is 0.124. The van der Waals surface area contributed by atoms with E-state index in [1.54, 1.807) is 24.3 Å². The number of carbonyl (C=O) groups excluding carboxylic acids is 3. The Bertz CT molecular complexity index is 1970. The fourth-order valence-corrected chi connectivity index (χ4v) is 8.68. The lowest BCUT2D eigenvalue weighted by molar-refractivity contribution is -0.130. The fourth-order valence-electron chi connectivity index (χ4n) is 8.68. The Kier molecular flexibility index (Phi) is 6.85. The van der Waals surface area contributed by atoms with Crippen molar-refractivity contribution in [3.05, 3.63) is 167 Å². The van der Waals surface area contributed by atoms with Crippen molar-refractivity contribution in [1.29, 1.82) is 0 Å². The zero-order chi connectivity index (χ0) is 33.2. The molecular weight excluding hydrogens is 594 g/mol. The van der Waals surface area contributed by atoms with Gasteiger partial charge < -0.3 is 4.74 Å². The van der Waals surface area contributed by atoms with Gasteiger partial charge in [0, 0.05) is 0 Å². The average Bonchev–Trinajstić information content (AvgIpc) is 3.62. The summed E-state index contributed by atoms with van der Waals surface area (Å²) < 4.78 is 5.66. The van der Waals surface area contributed by atoms with Crippen LogP contribution in [0.3, 0.4) is 0 Å². The molecule has 5 aromatic rings. The van der Waals surface area contributed by atoms with E-state index >= 15 is 14.4 Å². The molecule has 4 atom stereocenters. The van der Waals surface area contributed by atoms with Gasteiger partial charge in [-0.3, -0.25) is 14.4 Å². The Morgan fingerprint density at radius 2 is 0.979 bits per heavy atom. The molecular formula is C43H35NO4. The molecule has 0 radical (unpaired) electrons. The molecule has 236 valence electrons. The Morgan fingerprint density at radius 3 is 1.38 bits per heavy atom. The largest absolute Gasteiger partial charge is 0.494 e. The van der Waals surface area contributed by atoms with Crippen molar-refractivity contribution < 1.29 is 19.1 Å². The van der Waals surface area contributed by atoms with Gasteiger partial charge in [0.25, 0.3) is 0 Å². The molecule has 0 N–H and O–H groups in total. The topological polar surface area (TPSA) is 63.7 Å². The number of carbonyl (C=O) groups is 3. The first-order chi connectivity index (χ1) is 23.3. The van der Waals surface area contributed by atoms with E-state index in [0.717, 1.165) is 44.5 Å². The Balaban J connectivity index is 1.51. The third-order valence-corrected chi connectivity index (χ3v) is 10.5. The quantitative estimate of drug-likeness (QED) is 0.172. The first kappa shape index (κ1) is 29.8. The predicted octanol–water partition coefficient (Wildman–Crippen LogP) is 7.89. The van der Waals surface area contributed by atoms with Crippen molar-refractivity contribution in [2.45, 2.75) is 31.6 Å². The number of benzene rings is 5. The molecule has 48 heavy (non-hydrogen) atoms. The molecule has 1 heterocycles. The van der Waals surface area contributed by atoms with Gasteiger partial charge in [0.15, 0.2) is 5.78 Å². The molecule has 2 amide bonds. The number of amides is 2. The van der Waals surface area contributed by atoms with Crippen LogP contribution in [0.1, 0.15) is 40.3 Å². The zero-order valence-corrected chi connectivity index (χ0v) is 27.1. The van der Waals surface area contributed by atoms with Crippen LogP contribution in [0.4, 0.5) is 5.69 Å². The minimum Gasteiger partial charge on any atom is -0.494 e. The van der Waals surface area contributed by atoms with E-state index < -0.39 is 22.7 Å². The van der Waals surface area contributed by atoms with Crippen LogP contribution in [-0.4, -0.2) is 24.2 Å². The van der Waals surface area contributed by atoms with E-state index in [1.165, 1.54) is 4.90 Å². The second kappa shape index (κ2) is 11.0. The van der Waals surface area contributed by atoms with E-state index in [9.17, 15) is 0 Å². The van der Waals surface area contributed by atoms with Gasteiger partial charge >= 0.3 is 0 Å². The number of Topliss-reactive ketones (excluding diaryl/α,β-unsaturated/α-hetero) is 1. The predicted molar refractivity (Wildman–Crippen MR) is 188 cm³/mol. The van der Waals surface area contributed by atoms with E-state index in [0.29, 0.717) is 18.0 Å². The summed E-state index contributed by atoms with van der Waals surface area (Å²) in [5, 5.41) is 0. The summed E-state index contributed by atoms with van der Waals surface area (Å²) in [4.78, 5) is 47.5. The summed E-state index contributed by atoms with van der Waals surface area (Å²) >= 11 is 0. The van der Waals surface area contributed by atoms with Gasteiger partial charge in [-0.1, -0.05) is 120 Å². The molecule has 0 aromatic heterocycles. The number of ketones is 1.